The quantitative estimate of drug-likeness (QED) is 0.217. The van der Waals surface area contributed by atoms with Gasteiger partial charge in [0, 0.05) is 22.8 Å². The van der Waals surface area contributed by atoms with E-state index in [-0.39, 0.29) is 24.1 Å². The number of allylic oxidation sites excluding steroid dienone is 1. The van der Waals surface area contributed by atoms with Gasteiger partial charge in [-0.25, -0.2) is 9.79 Å². The molecule has 1 aliphatic rings. The van der Waals surface area contributed by atoms with Gasteiger partial charge in [-0.3, -0.25) is 14.2 Å². The molecule has 0 radical (unpaired) electrons. The maximum Gasteiger partial charge on any atom is 0.338 e. The Balaban J connectivity index is 1.63. The zero-order valence-corrected chi connectivity index (χ0v) is 24.3. The number of esters is 1. The maximum absolute atomic E-state index is 13.9. The molecule has 1 atom stereocenters. The average Bonchev–Trinajstić information content (AvgIpc) is 3.52. The van der Waals surface area contributed by atoms with Gasteiger partial charge in [0.15, 0.2) is 10.6 Å². The van der Waals surface area contributed by atoms with Gasteiger partial charge in [0.2, 0.25) is 0 Å². The summed E-state index contributed by atoms with van der Waals surface area (Å²) in [6.07, 6.45) is 1.56. The SMILES string of the molecule is CCOC(=O)C1=C(C)N=c2sc(=Cc3ccc(-c4ccc(C(C)=O)cc4)o3)c(=O)n2C1c1ccccc1OC(C)C. The number of rotatable bonds is 8. The molecule has 210 valence electrons. The molecule has 0 saturated carbocycles. The fourth-order valence-electron chi connectivity index (χ4n) is 4.74. The normalized spacial score (nSPS) is 15.1. The summed E-state index contributed by atoms with van der Waals surface area (Å²) >= 11 is 1.22. The predicted octanol–water partition coefficient (Wildman–Crippen LogP) is 5.05. The van der Waals surface area contributed by atoms with Crippen LogP contribution in [0.2, 0.25) is 0 Å². The van der Waals surface area contributed by atoms with Gasteiger partial charge in [-0.2, -0.15) is 0 Å². The Labute approximate surface area is 240 Å². The van der Waals surface area contributed by atoms with Crippen LogP contribution in [-0.2, 0) is 9.53 Å². The molecule has 0 amide bonds. The number of hydrogen-bond donors (Lipinski definition) is 0. The van der Waals surface area contributed by atoms with E-state index >= 15 is 0 Å². The van der Waals surface area contributed by atoms with Gasteiger partial charge in [-0.1, -0.05) is 53.8 Å². The molecule has 0 spiro atoms. The summed E-state index contributed by atoms with van der Waals surface area (Å²) in [7, 11) is 0. The zero-order valence-electron chi connectivity index (χ0n) is 23.5. The molecule has 8 nitrogen and oxygen atoms in total. The molecule has 1 aliphatic heterocycles. The predicted molar refractivity (Wildman–Crippen MR) is 157 cm³/mol. The van der Waals surface area contributed by atoms with Gasteiger partial charge in [-0.15, -0.1) is 0 Å². The van der Waals surface area contributed by atoms with E-state index in [4.69, 9.17) is 13.9 Å². The fourth-order valence-corrected chi connectivity index (χ4v) is 5.76. The van der Waals surface area contributed by atoms with Gasteiger partial charge in [0.1, 0.15) is 23.3 Å². The highest BCUT2D eigenvalue weighted by molar-refractivity contribution is 7.07. The number of nitrogens with zero attached hydrogens (tertiary/aromatic N) is 2. The number of fused-ring (bicyclic) bond motifs is 1. The third-order valence-corrected chi connectivity index (χ3v) is 7.55. The topological polar surface area (TPSA) is 100 Å². The van der Waals surface area contributed by atoms with Crippen LogP contribution in [0, 0.1) is 0 Å². The lowest BCUT2D eigenvalue weighted by molar-refractivity contribution is -0.139. The van der Waals surface area contributed by atoms with E-state index in [1.54, 1.807) is 38.1 Å². The summed E-state index contributed by atoms with van der Waals surface area (Å²) in [6.45, 7) is 9.04. The summed E-state index contributed by atoms with van der Waals surface area (Å²) < 4.78 is 19.4. The molecule has 4 aromatic rings. The summed E-state index contributed by atoms with van der Waals surface area (Å²) in [4.78, 5) is 43.8. The number of Topliss-reactive ketones (excluding diaryl/α,β-unsaturated/α-hetero) is 1. The van der Waals surface area contributed by atoms with Crippen LogP contribution in [0.25, 0.3) is 17.4 Å². The van der Waals surface area contributed by atoms with E-state index in [9.17, 15) is 14.4 Å². The number of hydrogen-bond acceptors (Lipinski definition) is 8. The highest BCUT2D eigenvalue weighted by atomic mass is 32.1. The Morgan fingerprint density at radius 1 is 1.10 bits per heavy atom. The van der Waals surface area contributed by atoms with Crippen LogP contribution in [0.5, 0.6) is 5.75 Å². The molecular formula is C32H30N2O6S. The number of aromatic nitrogens is 1. The van der Waals surface area contributed by atoms with Gasteiger partial charge in [0.05, 0.1) is 28.5 Å². The van der Waals surface area contributed by atoms with Crippen molar-refractivity contribution < 1.29 is 23.5 Å². The zero-order chi connectivity index (χ0) is 29.3. The first-order chi connectivity index (χ1) is 19.7. The van der Waals surface area contributed by atoms with Crippen molar-refractivity contribution in [2.24, 2.45) is 4.99 Å². The molecule has 9 heteroatoms. The molecule has 0 fully saturated rings. The smallest absolute Gasteiger partial charge is 0.338 e. The van der Waals surface area contributed by atoms with Crippen LogP contribution in [-0.4, -0.2) is 29.0 Å². The second-order valence-electron chi connectivity index (χ2n) is 9.84. The Hall–Kier alpha value is -4.50. The minimum absolute atomic E-state index is 0.00916. The van der Waals surface area contributed by atoms with Gasteiger partial charge in [-0.05, 0) is 52.8 Å². The van der Waals surface area contributed by atoms with E-state index in [1.807, 2.05) is 56.3 Å². The Morgan fingerprint density at radius 2 is 1.83 bits per heavy atom. The van der Waals surface area contributed by atoms with E-state index in [0.717, 1.165) is 5.56 Å². The molecule has 2 aromatic heterocycles. The Morgan fingerprint density at radius 3 is 2.51 bits per heavy atom. The lowest BCUT2D eigenvalue weighted by Crippen LogP contribution is -2.40. The maximum atomic E-state index is 13.9. The Bertz CT molecular complexity index is 1840. The molecule has 5 rings (SSSR count). The molecular weight excluding hydrogens is 540 g/mol. The van der Waals surface area contributed by atoms with Crippen molar-refractivity contribution in [1.29, 1.82) is 0 Å². The van der Waals surface area contributed by atoms with E-state index in [2.05, 4.69) is 4.99 Å². The molecule has 41 heavy (non-hydrogen) atoms. The van der Waals surface area contributed by atoms with Crippen molar-refractivity contribution in [1.82, 2.24) is 4.57 Å². The van der Waals surface area contributed by atoms with Crippen molar-refractivity contribution in [3.05, 3.63) is 109 Å². The molecule has 1 unspecified atom stereocenters. The first-order valence-corrected chi connectivity index (χ1v) is 14.2. The fraction of sp³-hybridized carbons (Fsp3) is 0.250. The first kappa shape index (κ1) is 28.0. The van der Waals surface area contributed by atoms with Crippen LogP contribution >= 0.6 is 11.3 Å². The van der Waals surface area contributed by atoms with Crippen molar-refractivity contribution in [3.63, 3.8) is 0 Å². The monoisotopic (exact) mass is 570 g/mol. The molecule has 0 bridgehead atoms. The average molecular weight is 571 g/mol. The molecule has 3 heterocycles. The van der Waals surface area contributed by atoms with Crippen LogP contribution in [0.4, 0.5) is 0 Å². The van der Waals surface area contributed by atoms with Crippen LogP contribution in [0.15, 0.2) is 86.1 Å². The molecule has 2 aromatic carbocycles. The lowest BCUT2D eigenvalue weighted by atomic mass is 9.95. The number of carbonyl (C=O) groups is 2. The third kappa shape index (κ3) is 5.58. The van der Waals surface area contributed by atoms with Crippen LogP contribution in [0.1, 0.15) is 62.3 Å². The van der Waals surface area contributed by atoms with Crippen molar-refractivity contribution >= 4 is 29.2 Å². The Kier molecular flexibility index (Phi) is 7.90. The standard InChI is InChI=1S/C32H30N2O6S/c1-6-38-31(37)28-19(4)33-32-34(29(28)24-9-7-8-10-26(24)39-18(2)3)30(36)27(41-32)17-23-15-16-25(40-23)22-13-11-21(12-14-22)20(5)35/h7-18,29H,6H2,1-5H3. The summed E-state index contributed by atoms with van der Waals surface area (Å²) in [6, 6.07) is 17.4. The highest BCUT2D eigenvalue weighted by Gasteiger charge is 2.35. The number of furan rings is 1. The number of ether oxygens (including phenoxy) is 2. The number of carbonyl (C=O) groups excluding carboxylic acids is 2. The highest BCUT2D eigenvalue weighted by Crippen LogP contribution is 2.36. The van der Waals surface area contributed by atoms with Gasteiger partial charge < -0.3 is 13.9 Å². The number of benzene rings is 2. The molecule has 0 aliphatic carbocycles. The largest absolute Gasteiger partial charge is 0.491 e. The van der Waals surface area contributed by atoms with Crippen LogP contribution in [0.3, 0.4) is 0 Å². The van der Waals surface area contributed by atoms with Crippen molar-refractivity contribution in [2.45, 2.75) is 46.8 Å². The number of ketones is 1. The summed E-state index contributed by atoms with van der Waals surface area (Å²) in [5, 5.41) is 0. The van der Waals surface area contributed by atoms with E-state index in [1.165, 1.54) is 22.8 Å². The second kappa shape index (κ2) is 11.5. The van der Waals surface area contributed by atoms with E-state index < -0.39 is 12.0 Å². The number of para-hydroxylation sites is 1. The van der Waals surface area contributed by atoms with Crippen molar-refractivity contribution in [2.75, 3.05) is 6.61 Å². The van der Waals surface area contributed by atoms with Gasteiger partial charge in [0.25, 0.3) is 5.56 Å². The third-order valence-electron chi connectivity index (χ3n) is 6.57. The van der Waals surface area contributed by atoms with Gasteiger partial charge >= 0.3 is 5.97 Å². The first-order valence-electron chi connectivity index (χ1n) is 13.3. The lowest BCUT2D eigenvalue weighted by Gasteiger charge is -2.26. The minimum Gasteiger partial charge on any atom is -0.491 e. The summed E-state index contributed by atoms with van der Waals surface area (Å²) in [5.41, 5.74) is 2.56. The molecule has 0 N–H and O–H groups in total. The second-order valence-corrected chi connectivity index (χ2v) is 10.9. The number of thiazole rings is 1. The van der Waals surface area contributed by atoms with Crippen molar-refractivity contribution in [3.8, 4) is 17.1 Å². The summed E-state index contributed by atoms with van der Waals surface area (Å²) in [5.74, 6) is 1.13. The van der Waals surface area contributed by atoms with Crippen LogP contribution < -0.4 is 19.6 Å². The minimum atomic E-state index is -0.783. The van der Waals surface area contributed by atoms with E-state index in [0.29, 0.717) is 49.0 Å². The molecule has 0 saturated heterocycles.